The van der Waals surface area contributed by atoms with Gasteiger partial charge in [-0.25, -0.2) is 0 Å². The second-order valence-electron chi connectivity index (χ2n) is 4.56. The molecule has 0 atom stereocenters. The van der Waals surface area contributed by atoms with Gasteiger partial charge in [-0.3, -0.25) is 4.79 Å². The summed E-state index contributed by atoms with van der Waals surface area (Å²) in [4.78, 5) is 11.3. The van der Waals surface area contributed by atoms with E-state index in [2.05, 4.69) is 0 Å². The molecule has 0 aliphatic rings. The molecule has 2 aromatic rings. The molecule has 0 fully saturated rings. The first-order valence-electron chi connectivity index (χ1n) is 6.75. The maximum Gasteiger partial charge on any atom is 0.154 e. The number of hydrogen-bond donors (Lipinski definition) is 0. The van der Waals surface area contributed by atoms with Gasteiger partial charge in [-0.15, -0.1) is 0 Å². The van der Waals surface area contributed by atoms with E-state index < -0.39 is 0 Å². The SMILES string of the molecule is COc1ccc(C=Cc2cc(OC)cc(OC)c2C=O)cc1. The zero-order chi connectivity index (χ0) is 15.9. The molecule has 2 rings (SSSR count). The maximum atomic E-state index is 11.3. The Labute approximate surface area is 129 Å². The summed E-state index contributed by atoms with van der Waals surface area (Å²) < 4.78 is 15.6. The Bertz CT molecular complexity index is 672. The van der Waals surface area contributed by atoms with Crippen LogP contribution in [0.5, 0.6) is 17.2 Å². The van der Waals surface area contributed by atoms with Crippen LogP contribution in [0.4, 0.5) is 0 Å². The van der Waals surface area contributed by atoms with Crippen LogP contribution in [-0.4, -0.2) is 27.6 Å². The molecular formula is C18H18O4. The average molecular weight is 298 g/mol. The van der Waals surface area contributed by atoms with Crippen LogP contribution in [-0.2, 0) is 0 Å². The molecular weight excluding hydrogens is 280 g/mol. The predicted molar refractivity (Wildman–Crippen MR) is 86.9 cm³/mol. The molecule has 0 N–H and O–H groups in total. The van der Waals surface area contributed by atoms with Crippen LogP contribution < -0.4 is 14.2 Å². The standard InChI is InChI=1S/C18H18O4/c1-20-15-8-5-13(6-9-15)4-7-14-10-16(21-2)11-18(22-3)17(14)12-19/h4-12H,1-3H3. The molecule has 0 unspecified atom stereocenters. The normalized spacial score (nSPS) is 10.5. The van der Waals surface area contributed by atoms with Crippen molar-refractivity contribution in [3.8, 4) is 17.2 Å². The fourth-order valence-corrected chi connectivity index (χ4v) is 2.07. The number of methoxy groups -OCH3 is 3. The summed E-state index contributed by atoms with van der Waals surface area (Å²) >= 11 is 0. The molecule has 114 valence electrons. The van der Waals surface area contributed by atoms with Crippen molar-refractivity contribution in [2.45, 2.75) is 0 Å². The highest BCUT2D eigenvalue weighted by Crippen LogP contribution is 2.29. The smallest absolute Gasteiger partial charge is 0.154 e. The molecule has 0 bridgehead atoms. The average Bonchev–Trinajstić information content (AvgIpc) is 2.59. The zero-order valence-electron chi connectivity index (χ0n) is 12.8. The molecule has 0 saturated carbocycles. The highest BCUT2D eigenvalue weighted by Gasteiger charge is 2.09. The minimum Gasteiger partial charge on any atom is -0.497 e. The molecule has 4 heteroatoms. The first-order valence-corrected chi connectivity index (χ1v) is 6.75. The van der Waals surface area contributed by atoms with E-state index in [9.17, 15) is 4.79 Å². The fraction of sp³-hybridized carbons (Fsp3) is 0.167. The van der Waals surface area contributed by atoms with Crippen molar-refractivity contribution in [3.05, 3.63) is 53.1 Å². The highest BCUT2D eigenvalue weighted by molar-refractivity contribution is 5.89. The second kappa shape index (κ2) is 7.31. The van der Waals surface area contributed by atoms with E-state index in [4.69, 9.17) is 14.2 Å². The van der Waals surface area contributed by atoms with Crippen LogP contribution in [0.1, 0.15) is 21.5 Å². The van der Waals surface area contributed by atoms with Gasteiger partial charge >= 0.3 is 0 Å². The summed E-state index contributed by atoms with van der Waals surface area (Å²) in [7, 11) is 4.73. The summed E-state index contributed by atoms with van der Waals surface area (Å²) in [6.45, 7) is 0. The molecule has 0 aromatic heterocycles. The lowest BCUT2D eigenvalue weighted by Crippen LogP contribution is -1.95. The monoisotopic (exact) mass is 298 g/mol. The van der Waals surface area contributed by atoms with Crippen LogP contribution in [0.2, 0.25) is 0 Å². The van der Waals surface area contributed by atoms with Gasteiger partial charge in [0.2, 0.25) is 0 Å². The molecule has 0 heterocycles. The minimum absolute atomic E-state index is 0.490. The number of hydrogen-bond acceptors (Lipinski definition) is 4. The Hall–Kier alpha value is -2.75. The number of carbonyl (C=O) groups excluding carboxylic acids is 1. The van der Waals surface area contributed by atoms with Crippen molar-refractivity contribution < 1.29 is 19.0 Å². The van der Waals surface area contributed by atoms with E-state index in [0.29, 0.717) is 17.1 Å². The third kappa shape index (κ3) is 3.47. The number of benzene rings is 2. The minimum atomic E-state index is 0.490. The van der Waals surface area contributed by atoms with Crippen molar-refractivity contribution in [2.75, 3.05) is 21.3 Å². The van der Waals surface area contributed by atoms with Gasteiger partial charge in [0, 0.05) is 6.07 Å². The van der Waals surface area contributed by atoms with Crippen molar-refractivity contribution in [1.29, 1.82) is 0 Å². The molecule has 0 aliphatic carbocycles. The number of aldehydes is 1. The third-order valence-corrected chi connectivity index (χ3v) is 3.29. The van der Waals surface area contributed by atoms with Crippen LogP contribution in [0.25, 0.3) is 12.2 Å². The predicted octanol–water partition coefficient (Wildman–Crippen LogP) is 3.70. The van der Waals surface area contributed by atoms with E-state index in [1.165, 1.54) is 7.11 Å². The first-order chi connectivity index (χ1) is 10.7. The van der Waals surface area contributed by atoms with Crippen molar-refractivity contribution in [2.24, 2.45) is 0 Å². The molecule has 0 spiro atoms. The van der Waals surface area contributed by atoms with Gasteiger partial charge in [0.25, 0.3) is 0 Å². The van der Waals surface area contributed by atoms with Crippen LogP contribution in [0.3, 0.4) is 0 Å². The van der Waals surface area contributed by atoms with E-state index >= 15 is 0 Å². The fourth-order valence-electron chi connectivity index (χ4n) is 2.07. The van der Waals surface area contributed by atoms with E-state index in [1.807, 2.05) is 36.4 Å². The van der Waals surface area contributed by atoms with E-state index in [-0.39, 0.29) is 0 Å². The summed E-state index contributed by atoms with van der Waals surface area (Å²) in [6.07, 6.45) is 4.56. The number of ether oxygens (including phenoxy) is 3. The van der Waals surface area contributed by atoms with Gasteiger partial charge in [-0.05, 0) is 29.3 Å². The largest absolute Gasteiger partial charge is 0.497 e. The van der Waals surface area contributed by atoms with Crippen molar-refractivity contribution in [3.63, 3.8) is 0 Å². The highest BCUT2D eigenvalue weighted by atomic mass is 16.5. The summed E-state index contributed by atoms with van der Waals surface area (Å²) in [5, 5.41) is 0. The Morgan fingerprint density at radius 3 is 2.05 bits per heavy atom. The van der Waals surface area contributed by atoms with Crippen molar-refractivity contribution in [1.82, 2.24) is 0 Å². The van der Waals surface area contributed by atoms with Crippen LogP contribution in [0.15, 0.2) is 36.4 Å². The Balaban J connectivity index is 2.37. The van der Waals surface area contributed by atoms with Crippen LogP contribution >= 0.6 is 0 Å². The number of carbonyl (C=O) groups is 1. The van der Waals surface area contributed by atoms with Crippen molar-refractivity contribution >= 4 is 18.4 Å². The second-order valence-corrected chi connectivity index (χ2v) is 4.56. The summed E-state index contributed by atoms with van der Waals surface area (Å²) in [5.41, 5.74) is 2.23. The lowest BCUT2D eigenvalue weighted by Gasteiger charge is -2.10. The molecule has 0 radical (unpaired) electrons. The lowest BCUT2D eigenvalue weighted by molar-refractivity contribution is 0.112. The van der Waals surface area contributed by atoms with E-state index in [1.54, 1.807) is 26.4 Å². The topological polar surface area (TPSA) is 44.8 Å². The molecule has 0 saturated heterocycles. The Morgan fingerprint density at radius 2 is 1.50 bits per heavy atom. The summed E-state index contributed by atoms with van der Waals surface area (Å²) in [6, 6.07) is 11.1. The maximum absolute atomic E-state index is 11.3. The molecule has 0 amide bonds. The lowest BCUT2D eigenvalue weighted by atomic mass is 10.0. The van der Waals surface area contributed by atoms with Gasteiger partial charge in [-0.1, -0.05) is 24.3 Å². The van der Waals surface area contributed by atoms with Gasteiger partial charge in [0.1, 0.15) is 17.2 Å². The summed E-state index contributed by atoms with van der Waals surface area (Å²) in [5.74, 6) is 1.93. The number of rotatable bonds is 6. The Morgan fingerprint density at radius 1 is 0.818 bits per heavy atom. The molecule has 22 heavy (non-hydrogen) atoms. The zero-order valence-corrected chi connectivity index (χ0v) is 12.8. The van der Waals surface area contributed by atoms with Gasteiger partial charge in [0.05, 0.1) is 26.9 Å². The van der Waals surface area contributed by atoms with Gasteiger partial charge in [0.15, 0.2) is 6.29 Å². The molecule has 4 nitrogen and oxygen atoms in total. The van der Waals surface area contributed by atoms with Gasteiger partial charge < -0.3 is 14.2 Å². The first kappa shape index (κ1) is 15.6. The third-order valence-electron chi connectivity index (χ3n) is 3.29. The van der Waals surface area contributed by atoms with Crippen LogP contribution in [0, 0.1) is 0 Å². The van der Waals surface area contributed by atoms with Gasteiger partial charge in [-0.2, -0.15) is 0 Å². The van der Waals surface area contributed by atoms with E-state index in [0.717, 1.165) is 23.2 Å². The quantitative estimate of drug-likeness (QED) is 0.602. The molecule has 2 aromatic carbocycles. The molecule has 0 aliphatic heterocycles. The Kier molecular flexibility index (Phi) is 5.20.